The van der Waals surface area contributed by atoms with Gasteiger partial charge in [-0.05, 0) is 6.42 Å². The number of aryl methyl sites for hydroxylation is 2. The maximum absolute atomic E-state index is 11.3. The number of hydrogen-bond donors (Lipinski definition) is 0. The Bertz CT molecular complexity index is 675. The minimum absolute atomic E-state index is 0.0974. The fraction of sp³-hybridized carbons (Fsp3) is 0.455. The van der Waals surface area contributed by atoms with Crippen LogP contribution < -0.4 is 0 Å². The van der Waals surface area contributed by atoms with Gasteiger partial charge in [-0.2, -0.15) is 0 Å². The summed E-state index contributed by atoms with van der Waals surface area (Å²) in [6, 6.07) is 0. The Morgan fingerprint density at radius 3 is 2.68 bits per heavy atom. The number of aromatic nitrogens is 4. The fourth-order valence-electron chi connectivity index (χ4n) is 1.82. The lowest BCUT2D eigenvalue weighted by molar-refractivity contribution is 0.606. The molecule has 0 aliphatic heterocycles. The van der Waals surface area contributed by atoms with E-state index in [1.165, 1.54) is 6.20 Å². The summed E-state index contributed by atoms with van der Waals surface area (Å²) in [6.45, 7) is 2.53. The SMILES string of the molecule is CCCc1nc(S(=O)(=O)Cl)cn1Cc1cncn1C. The fourth-order valence-corrected chi connectivity index (χ4v) is 2.51. The number of imidazole rings is 2. The highest BCUT2D eigenvalue weighted by Crippen LogP contribution is 2.16. The molecule has 0 unspecified atom stereocenters. The highest BCUT2D eigenvalue weighted by molar-refractivity contribution is 8.13. The predicted molar refractivity (Wildman–Crippen MR) is 71.6 cm³/mol. The highest BCUT2D eigenvalue weighted by Gasteiger charge is 2.18. The third-order valence-electron chi connectivity index (χ3n) is 2.81. The van der Waals surface area contributed by atoms with E-state index in [1.54, 1.807) is 17.1 Å². The molecule has 2 rings (SSSR count). The normalized spacial score (nSPS) is 11.9. The van der Waals surface area contributed by atoms with Gasteiger partial charge in [-0.3, -0.25) is 0 Å². The van der Waals surface area contributed by atoms with E-state index in [0.717, 1.165) is 12.1 Å². The quantitative estimate of drug-likeness (QED) is 0.786. The molecule has 0 bridgehead atoms. The van der Waals surface area contributed by atoms with Crippen molar-refractivity contribution < 1.29 is 8.42 Å². The number of halogens is 1. The average Bonchev–Trinajstić information content (AvgIpc) is 2.88. The van der Waals surface area contributed by atoms with Crippen molar-refractivity contribution in [3.05, 3.63) is 30.2 Å². The first-order chi connectivity index (χ1) is 8.91. The summed E-state index contributed by atoms with van der Waals surface area (Å²) in [5, 5.41) is -0.0974. The standard InChI is InChI=1S/C11H15ClN4O2S/c1-3-4-10-14-11(19(12,17)18)7-16(10)6-9-5-13-8-15(9)2/h5,7-8H,3-4,6H2,1-2H3. The molecule has 0 aromatic carbocycles. The maximum Gasteiger partial charge on any atom is 0.280 e. The molecule has 2 heterocycles. The zero-order valence-electron chi connectivity index (χ0n) is 10.7. The molecule has 0 amide bonds. The first-order valence-corrected chi connectivity index (χ1v) is 8.18. The van der Waals surface area contributed by atoms with Crippen molar-refractivity contribution in [1.29, 1.82) is 0 Å². The largest absolute Gasteiger partial charge is 0.336 e. The second-order valence-electron chi connectivity index (χ2n) is 4.31. The van der Waals surface area contributed by atoms with E-state index in [9.17, 15) is 8.42 Å². The first kappa shape index (κ1) is 14.1. The molecule has 0 aliphatic rings. The van der Waals surface area contributed by atoms with Crippen LogP contribution in [0.15, 0.2) is 23.7 Å². The summed E-state index contributed by atoms with van der Waals surface area (Å²) in [5.41, 5.74) is 0.966. The van der Waals surface area contributed by atoms with E-state index >= 15 is 0 Å². The molecule has 104 valence electrons. The molecule has 2 aromatic heterocycles. The van der Waals surface area contributed by atoms with Gasteiger partial charge in [0.2, 0.25) is 0 Å². The molecule has 0 radical (unpaired) electrons. The number of rotatable bonds is 5. The van der Waals surface area contributed by atoms with Gasteiger partial charge in [-0.25, -0.2) is 18.4 Å². The first-order valence-electron chi connectivity index (χ1n) is 5.87. The second-order valence-corrected chi connectivity index (χ2v) is 6.82. The molecule has 8 heteroatoms. The van der Waals surface area contributed by atoms with Crippen molar-refractivity contribution in [2.24, 2.45) is 7.05 Å². The lowest BCUT2D eigenvalue weighted by Crippen LogP contribution is -2.07. The third kappa shape index (κ3) is 3.16. The Morgan fingerprint density at radius 2 is 2.16 bits per heavy atom. The number of hydrogen-bond acceptors (Lipinski definition) is 4. The number of nitrogens with zero attached hydrogens (tertiary/aromatic N) is 4. The van der Waals surface area contributed by atoms with Gasteiger partial charge < -0.3 is 9.13 Å². The molecule has 0 atom stereocenters. The Hall–Kier alpha value is -1.34. The summed E-state index contributed by atoms with van der Waals surface area (Å²) >= 11 is 0. The topological polar surface area (TPSA) is 69.8 Å². The van der Waals surface area contributed by atoms with Gasteiger partial charge in [-0.15, -0.1) is 0 Å². The van der Waals surface area contributed by atoms with Crippen LogP contribution in [0.2, 0.25) is 0 Å². The van der Waals surface area contributed by atoms with E-state index in [0.29, 0.717) is 18.8 Å². The predicted octanol–water partition coefficient (Wildman–Crippen LogP) is 1.54. The summed E-state index contributed by atoms with van der Waals surface area (Å²) in [6.07, 6.45) is 6.49. The van der Waals surface area contributed by atoms with E-state index in [1.807, 2.05) is 18.5 Å². The summed E-state index contributed by atoms with van der Waals surface area (Å²) < 4.78 is 26.4. The zero-order valence-corrected chi connectivity index (χ0v) is 12.3. The molecule has 6 nitrogen and oxygen atoms in total. The van der Waals surface area contributed by atoms with Crippen molar-refractivity contribution in [2.75, 3.05) is 0 Å². The van der Waals surface area contributed by atoms with Crippen LogP contribution in [0.1, 0.15) is 24.9 Å². The van der Waals surface area contributed by atoms with Crippen LogP contribution in [0, 0.1) is 0 Å². The van der Waals surface area contributed by atoms with Crippen LogP contribution in [-0.2, 0) is 29.1 Å². The molecule has 19 heavy (non-hydrogen) atoms. The Balaban J connectivity index is 2.38. The molecule has 0 saturated heterocycles. The molecule has 0 aliphatic carbocycles. The lowest BCUT2D eigenvalue weighted by Gasteiger charge is -2.07. The maximum atomic E-state index is 11.3. The van der Waals surface area contributed by atoms with Crippen LogP contribution in [0.3, 0.4) is 0 Å². The molecule has 0 spiro atoms. The van der Waals surface area contributed by atoms with Gasteiger partial charge in [0.05, 0.1) is 18.6 Å². The van der Waals surface area contributed by atoms with Crippen molar-refractivity contribution in [3.63, 3.8) is 0 Å². The Morgan fingerprint density at radius 1 is 1.42 bits per heavy atom. The Kier molecular flexibility index (Phi) is 3.96. The summed E-state index contributed by atoms with van der Waals surface area (Å²) in [4.78, 5) is 8.13. The van der Waals surface area contributed by atoms with Crippen LogP contribution in [-0.4, -0.2) is 27.5 Å². The van der Waals surface area contributed by atoms with Crippen molar-refractivity contribution >= 4 is 19.7 Å². The van der Waals surface area contributed by atoms with Gasteiger partial charge in [0.15, 0.2) is 5.03 Å². The van der Waals surface area contributed by atoms with Crippen LogP contribution in [0.5, 0.6) is 0 Å². The molecule has 2 aromatic rings. The monoisotopic (exact) mass is 302 g/mol. The van der Waals surface area contributed by atoms with Gasteiger partial charge in [0, 0.05) is 36.5 Å². The van der Waals surface area contributed by atoms with Crippen LogP contribution in [0.25, 0.3) is 0 Å². The Labute approximate surface area is 116 Å². The van der Waals surface area contributed by atoms with Gasteiger partial charge in [0.25, 0.3) is 9.05 Å². The second kappa shape index (κ2) is 5.34. The van der Waals surface area contributed by atoms with Crippen LogP contribution >= 0.6 is 10.7 Å². The zero-order chi connectivity index (χ0) is 14.0. The van der Waals surface area contributed by atoms with Crippen molar-refractivity contribution in [1.82, 2.24) is 19.1 Å². The summed E-state index contributed by atoms with van der Waals surface area (Å²) in [7, 11) is 3.43. The van der Waals surface area contributed by atoms with Crippen molar-refractivity contribution in [2.45, 2.75) is 31.3 Å². The minimum Gasteiger partial charge on any atom is -0.336 e. The van der Waals surface area contributed by atoms with E-state index in [-0.39, 0.29) is 5.03 Å². The van der Waals surface area contributed by atoms with Gasteiger partial charge in [0.1, 0.15) is 5.82 Å². The van der Waals surface area contributed by atoms with Crippen LogP contribution in [0.4, 0.5) is 0 Å². The van der Waals surface area contributed by atoms with E-state index < -0.39 is 9.05 Å². The van der Waals surface area contributed by atoms with E-state index in [4.69, 9.17) is 10.7 Å². The van der Waals surface area contributed by atoms with Gasteiger partial charge >= 0.3 is 0 Å². The van der Waals surface area contributed by atoms with Crippen molar-refractivity contribution in [3.8, 4) is 0 Å². The third-order valence-corrected chi connectivity index (χ3v) is 3.98. The highest BCUT2D eigenvalue weighted by atomic mass is 35.7. The minimum atomic E-state index is -3.79. The average molecular weight is 303 g/mol. The molecule has 0 saturated carbocycles. The molecule has 0 N–H and O–H groups in total. The molecule has 0 fully saturated rings. The summed E-state index contributed by atoms with van der Waals surface area (Å²) in [5.74, 6) is 0.711. The lowest BCUT2D eigenvalue weighted by atomic mass is 10.3. The van der Waals surface area contributed by atoms with Gasteiger partial charge in [-0.1, -0.05) is 6.92 Å². The van der Waals surface area contributed by atoms with E-state index in [2.05, 4.69) is 9.97 Å². The smallest absolute Gasteiger partial charge is 0.280 e. The molecular weight excluding hydrogens is 288 g/mol. The molecular formula is C11H15ClN4O2S.